The van der Waals surface area contributed by atoms with E-state index in [1.165, 1.54) is 0 Å². The van der Waals surface area contributed by atoms with Gasteiger partial charge in [-0.25, -0.2) is 4.79 Å². The summed E-state index contributed by atoms with van der Waals surface area (Å²) >= 11 is 5.14. The van der Waals surface area contributed by atoms with Crippen molar-refractivity contribution in [2.45, 2.75) is 0 Å². The molecule has 4 heteroatoms. The van der Waals surface area contributed by atoms with E-state index in [-0.39, 0.29) is 11.6 Å². The summed E-state index contributed by atoms with van der Waals surface area (Å²) in [6, 6.07) is 0. The van der Waals surface area contributed by atoms with Gasteiger partial charge < -0.3 is 10.8 Å². The minimum atomic E-state index is -1.07. The van der Waals surface area contributed by atoms with Crippen LogP contribution in [0.4, 0.5) is 0 Å². The minimum absolute atomic E-state index is 0.0618. The van der Waals surface area contributed by atoms with Gasteiger partial charge >= 0.3 is 5.97 Å². The molecule has 0 saturated carbocycles. The number of nitrogens with two attached hydrogens (primary N) is 1. The summed E-state index contributed by atoms with van der Waals surface area (Å²) in [5, 5.41) is 8.00. The van der Waals surface area contributed by atoms with Gasteiger partial charge in [0.05, 0.1) is 5.88 Å². The largest absolute Gasteiger partial charge is 0.478 e. The van der Waals surface area contributed by atoms with Gasteiger partial charge in [0.2, 0.25) is 0 Å². The number of allylic oxidation sites excluding steroid dienone is 1. The zero-order valence-corrected chi connectivity index (χ0v) is 4.85. The van der Waals surface area contributed by atoms with Crippen LogP contribution in [0.3, 0.4) is 0 Å². The Bertz CT molecular complexity index is 121. The van der Waals surface area contributed by atoms with Gasteiger partial charge in [0.15, 0.2) is 0 Å². The Labute approximate surface area is 51.7 Å². The number of carboxylic acid groups (broad SMARTS) is 1. The maximum atomic E-state index is 9.75. The average molecular weight is 136 g/mol. The number of carboxylic acids is 1. The minimum Gasteiger partial charge on any atom is -0.478 e. The molecule has 0 aliphatic heterocycles. The maximum Gasteiger partial charge on any atom is 0.330 e. The van der Waals surface area contributed by atoms with Gasteiger partial charge in [-0.15, -0.1) is 11.6 Å². The molecule has 0 heterocycles. The van der Waals surface area contributed by atoms with E-state index in [1.54, 1.807) is 0 Å². The van der Waals surface area contributed by atoms with E-state index >= 15 is 0 Å². The summed E-state index contributed by atoms with van der Waals surface area (Å²) in [4.78, 5) is 9.75. The quantitative estimate of drug-likeness (QED) is 0.419. The molecule has 0 aliphatic carbocycles. The van der Waals surface area contributed by atoms with Crippen LogP contribution in [0.1, 0.15) is 0 Å². The second kappa shape index (κ2) is 3.32. The van der Waals surface area contributed by atoms with E-state index in [4.69, 9.17) is 22.4 Å². The Hall–Kier alpha value is -0.700. The first-order chi connectivity index (χ1) is 3.66. The van der Waals surface area contributed by atoms with E-state index in [0.717, 1.165) is 6.08 Å². The Kier molecular flexibility index (Phi) is 3.03. The molecule has 3 N–H and O–H groups in total. The summed E-state index contributed by atoms with van der Waals surface area (Å²) in [5.74, 6) is -1.00. The van der Waals surface area contributed by atoms with Crippen LogP contribution in [0.2, 0.25) is 0 Å². The van der Waals surface area contributed by atoms with Crippen LogP contribution in [0.5, 0.6) is 0 Å². The van der Waals surface area contributed by atoms with Crippen molar-refractivity contribution in [2.24, 2.45) is 5.73 Å². The summed E-state index contributed by atoms with van der Waals surface area (Å²) in [5.41, 5.74) is 5.19. The average Bonchev–Trinajstić information content (AvgIpc) is 1.65. The van der Waals surface area contributed by atoms with Crippen LogP contribution in [0.15, 0.2) is 11.8 Å². The summed E-state index contributed by atoms with van der Waals surface area (Å²) in [6.45, 7) is 0. The van der Waals surface area contributed by atoms with Crippen molar-refractivity contribution in [1.82, 2.24) is 0 Å². The predicted molar refractivity (Wildman–Crippen MR) is 30.6 cm³/mol. The van der Waals surface area contributed by atoms with E-state index < -0.39 is 5.97 Å². The Morgan fingerprint density at radius 2 is 2.38 bits per heavy atom. The normalized spacial score (nSPS) is 11.4. The topological polar surface area (TPSA) is 63.3 Å². The second-order valence-corrected chi connectivity index (χ2v) is 1.46. The third-order valence-electron chi connectivity index (χ3n) is 0.463. The van der Waals surface area contributed by atoms with Gasteiger partial charge in [0.25, 0.3) is 0 Å². The van der Waals surface area contributed by atoms with E-state index in [9.17, 15) is 4.79 Å². The molecule has 0 radical (unpaired) electrons. The standard InChI is InChI=1S/C4H6ClNO2/c5-2-3(6)1-4(7)8/h1H,2,6H2,(H,7,8)/b3-1-. The lowest BCUT2D eigenvalue weighted by atomic mass is 10.4. The van der Waals surface area contributed by atoms with Crippen LogP contribution in [0.25, 0.3) is 0 Å². The zero-order valence-electron chi connectivity index (χ0n) is 4.10. The van der Waals surface area contributed by atoms with Crippen LogP contribution >= 0.6 is 11.6 Å². The molecule has 0 fully saturated rings. The van der Waals surface area contributed by atoms with Crippen LogP contribution in [0, 0.1) is 0 Å². The van der Waals surface area contributed by atoms with Crippen molar-refractivity contribution in [3.05, 3.63) is 11.8 Å². The van der Waals surface area contributed by atoms with Gasteiger partial charge in [-0.1, -0.05) is 0 Å². The van der Waals surface area contributed by atoms with E-state index in [0.29, 0.717) is 0 Å². The fourth-order valence-corrected chi connectivity index (χ4v) is 0.274. The number of alkyl halides is 1. The number of aliphatic carboxylic acids is 1. The molecule has 0 amide bonds. The number of hydrogen-bond acceptors (Lipinski definition) is 2. The Balaban J connectivity index is 3.75. The highest BCUT2D eigenvalue weighted by molar-refractivity contribution is 6.19. The zero-order chi connectivity index (χ0) is 6.57. The molecule has 0 aromatic rings. The summed E-state index contributed by atoms with van der Waals surface area (Å²) < 4.78 is 0. The van der Waals surface area contributed by atoms with Crippen molar-refractivity contribution in [3.8, 4) is 0 Å². The third kappa shape index (κ3) is 3.49. The molecule has 0 aromatic carbocycles. The van der Waals surface area contributed by atoms with Gasteiger partial charge in [-0.2, -0.15) is 0 Å². The van der Waals surface area contributed by atoms with Gasteiger partial charge in [-0.05, 0) is 0 Å². The first-order valence-electron chi connectivity index (χ1n) is 1.91. The molecule has 0 aliphatic rings. The maximum absolute atomic E-state index is 9.75. The molecule has 0 rings (SSSR count). The Morgan fingerprint density at radius 1 is 1.88 bits per heavy atom. The fourth-order valence-electron chi connectivity index (χ4n) is 0.197. The monoisotopic (exact) mass is 135 g/mol. The smallest absolute Gasteiger partial charge is 0.330 e. The molecule has 8 heavy (non-hydrogen) atoms. The van der Waals surface area contributed by atoms with Crippen molar-refractivity contribution in [1.29, 1.82) is 0 Å². The van der Waals surface area contributed by atoms with Crippen LogP contribution in [-0.2, 0) is 4.79 Å². The van der Waals surface area contributed by atoms with Crippen molar-refractivity contribution >= 4 is 17.6 Å². The highest BCUT2D eigenvalue weighted by Crippen LogP contribution is 1.85. The molecule has 0 bridgehead atoms. The molecule has 3 nitrogen and oxygen atoms in total. The van der Waals surface area contributed by atoms with Gasteiger partial charge in [0.1, 0.15) is 0 Å². The summed E-state index contributed by atoms with van der Waals surface area (Å²) in [7, 11) is 0. The van der Waals surface area contributed by atoms with Crippen LogP contribution < -0.4 is 5.73 Å². The number of carbonyl (C=O) groups is 1. The van der Waals surface area contributed by atoms with Crippen molar-refractivity contribution in [3.63, 3.8) is 0 Å². The van der Waals surface area contributed by atoms with E-state index in [2.05, 4.69) is 0 Å². The predicted octanol–water partition coefficient (Wildman–Crippen LogP) is 0.152. The fraction of sp³-hybridized carbons (Fsp3) is 0.250. The third-order valence-corrected chi connectivity index (χ3v) is 0.772. The molecular formula is C4H6ClNO2. The molecular weight excluding hydrogens is 130 g/mol. The second-order valence-electron chi connectivity index (χ2n) is 1.19. The SMILES string of the molecule is N/C(=C\C(=O)O)CCl. The van der Waals surface area contributed by atoms with Crippen LogP contribution in [-0.4, -0.2) is 17.0 Å². The number of halogens is 1. The first kappa shape index (κ1) is 7.30. The van der Waals surface area contributed by atoms with Crippen molar-refractivity contribution < 1.29 is 9.90 Å². The molecule has 46 valence electrons. The summed E-state index contributed by atoms with van der Waals surface area (Å²) in [6.07, 6.45) is 0.868. The van der Waals surface area contributed by atoms with Crippen molar-refractivity contribution in [2.75, 3.05) is 5.88 Å². The Morgan fingerprint density at radius 3 is 2.50 bits per heavy atom. The number of hydrogen-bond donors (Lipinski definition) is 2. The molecule has 0 unspecified atom stereocenters. The highest BCUT2D eigenvalue weighted by atomic mass is 35.5. The molecule has 0 atom stereocenters. The van der Waals surface area contributed by atoms with E-state index in [1.807, 2.05) is 0 Å². The first-order valence-corrected chi connectivity index (χ1v) is 2.45. The lowest BCUT2D eigenvalue weighted by Gasteiger charge is -1.86. The van der Waals surface area contributed by atoms with Gasteiger partial charge in [-0.3, -0.25) is 0 Å². The molecule has 0 aromatic heterocycles. The number of rotatable bonds is 2. The molecule has 0 saturated heterocycles. The van der Waals surface area contributed by atoms with Gasteiger partial charge in [0, 0.05) is 11.8 Å². The lowest BCUT2D eigenvalue weighted by molar-refractivity contribution is -0.131. The molecule has 0 spiro atoms. The lowest BCUT2D eigenvalue weighted by Crippen LogP contribution is -2.02. The highest BCUT2D eigenvalue weighted by Gasteiger charge is 1.89.